The Morgan fingerprint density at radius 2 is 2.00 bits per heavy atom. The maximum absolute atomic E-state index is 10.4. The van der Waals surface area contributed by atoms with Crippen molar-refractivity contribution in [2.24, 2.45) is 0 Å². The Morgan fingerprint density at radius 1 is 1.31 bits per heavy atom. The van der Waals surface area contributed by atoms with E-state index in [4.69, 9.17) is 4.74 Å². The van der Waals surface area contributed by atoms with E-state index in [1.54, 1.807) is 7.11 Å². The first-order valence-electron chi connectivity index (χ1n) is 5.78. The van der Waals surface area contributed by atoms with E-state index in [9.17, 15) is 5.11 Å². The van der Waals surface area contributed by atoms with Crippen molar-refractivity contribution in [3.05, 3.63) is 29.8 Å². The summed E-state index contributed by atoms with van der Waals surface area (Å²) < 4.78 is 5.31. The topological polar surface area (TPSA) is 41.5 Å². The van der Waals surface area contributed by atoms with E-state index in [0.29, 0.717) is 6.42 Å². The molecule has 0 bridgehead atoms. The molecule has 2 N–H and O–H groups in total. The third-order valence-electron chi connectivity index (χ3n) is 3.25. The van der Waals surface area contributed by atoms with Gasteiger partial charge in [0, 0.05) is 6.42 Å². The number of methoxy groups -OCH3 is 1. The molecule has 2 rings (SSSR count). The SMILES string of the molecule is COc1ccccc1CC1(O)CCNCC1. The summed E-state index contributed by atoms with van der Waals surface area (Å²) in [5.41, 5.74) is 0.522. The fourth-order valence-corrected chi connectivity index (χ4v) is 2.27. The highest BCUT2D eigenvalue weighted by Crippen LogP contribution is 2.27. The average molecular weight is 221 g/mol. The van der Waals surface area contributed by atoms with Gasteiger partial charge in [-0.1, -0.05) is 18.2 Å². The smallest absolute Gasteiger partial charge is 0.122 e. The molecule has 1 aromatic rings. The predicted molar refractivity (Wildman–Crippen MR) is 63.8 cm³/mol. The van der Waals surface area contributed by atoms with E-state index in [0.717, 1.165) is 37.2 Å². The molecule has 1 aromatic carbocycles. The lowest BCUT2D eigenvalue weighted by Crippen LogP contribution is -2.43. The van der Waals surface area contributed by atoms with Gasteiger partial charge in [-0.2, -0.15) is 0 Å². The van der Waals surface area contributed by atoms with E-state index >= 15 is 0 Å². The molecule has 1 saturated heterocycles. The summed E-state index contributed by atoms with van der Waals surface area (Å²) in [6.45, 7) is 1.79. The van der Waals surface area contributed by atoms with Crippen LogP contribution in [0.4, 0.5) is 0 Å². The molecule has 0 atom stereocenters. The van der Waals surface area contributed by atoms with Gasteiger partial charge in [0.05, 0.1) is 12.7 Å². The van der Waals surface area contributed by atoms with Crippen LogP contribution in [0.25, 0.3) is 0 Å². The molecule has 0 aliphatic carbocycles. The van der Waals surface area contributed by atoms with Crippen LogP contribution in [0.5, 0.6) is 5.75 Å². The second-order valence-electron chi connectivity index (χ2n) is 4.46. The zero-order valence-electron chi connectivity index (χ0n) is 9.70. The fourth-order valence-electron chi connectivity index (χ4n) is 2.27. The summed E-state index contributed by atoms with van der Waals surface area (Å²) in [6.07, 6.45) is 2.30. The standard InChI is InChI=1S/C13H19NO2/c1-16-12-5-3-2-4-11(12)10-13(15)6-8-14-9-7-13/h2-5,14-15H,6-10H2,1H3. The van der Waals surface area contributed by atoms with Crippen LogP contribution in [0.2, 0.25) is 0 Å². The second kappa shape index (κ2) is 4.85. The van der Waals surface area contributed by atoms with Gasteiger partial charge >= 0.3 is 0 Å². The minimum absolute atomic E-state index is 0.570. The van der Waals surface area contributed by atoms with Gasteiger partial charge in [-0.05, 0) is 37.6 Å². The van der Waals surface area contributed by atoms with Gasteiger partial charge in [-0.25, -0.2) is 0 Å². The summed E-state index contributed by atoms with van der Waals surface area (Å²) in [6, 6.07) is 7.91. The first-order chi connectivity index (χ1) is 7.73. The summed E-state index contributed by atoms with van der Waals surface area (Å²) in [4.78, 5) is 0. The number of benzene rings is 1. The number of para-hydroxylation sites is 1. The van der Waals surface area contributed by atoms with Gasteiger partial charge in [0.1, 0.15) is 5.75 Å². The maximum Gasteiger partial charge on any atom is 0.122 e. The third-order valence-corrected chi connectivity index (χ3v) is 3.25. The Kier molecular flexibility index (Phi) is 3.46. The van der Waals surface area contributed by atoms with Crippen molar-refractivity contribution in [2.75, 3.05) is 20.2 Å². The monoisotopic (exact) mass is 221 g/mol. The van der Waals surface area contributed by atoms with Crippen molar-refractivity contribution in [1.29, 1.82) is 0 Å². The molecule has 1 aliphatic heterocycles. The summed E-state index contributed by atoms with van der Waals surface area (Å²) in [7, 11) is 1.67. The van der Waals surface area contributed by atoms with Crippen molar-refractivity contribution in [3.8, 4) is 5.75 Å². The molecule has 1 heterocycles. The molecule has 1 fully saturated rings. The first-order valence-corrected chi connectivity index (χ1v) is 5.78. The number of ether oxygens (including phenoxy) is 1. The Hall–Kier alpha value is -1.06. The molecule has 16 heavy (non-hydrogen) atoms. The molecule has 0 amide bonds. The number of piperidine rings is 1. The molecule has 1 aliphatic rings. The number of rotatable bonds is 3. The van der Waals surface area contributed by atoms with E-state index < -0.39 is 5.60 Å². The normalized spacial score (nSPS) is 19.4. The second-order valence-corrected chi connectivity index (χ2v) is 4.46. The molecular formula is C13H19NO2. The fraction of sp³-hybridized carbons (Fsp3) is 0.538. The molecular weight excluding hydrogens is 202 g/mol. The van der Waals surface area contributed by atoms with Gasteiger partial charge in [0.2, 0.25) is 0 Å². The highest BCUT2D eigenvalue weighted by atomic mass is 16.5. The number of hydrogen-bond acceptors (Lipinski definition) is 3. The van der Waals surface area contributed by atoms with E-state index in [1.165, 1.54) is 0 Å². The van der Waals surface area contributed by atoms with Crippen molar-refractivity contribution < 1.29 is 9.84 Å². The highest BCUT2D eigenvalue weighted by molar-refractivity contribution is 5.34. The van der Waals surface area contributed by atoms with Crippen LogP contribution in [-0.4, -0.2) is 30.9 Å². The van der Waals surface area contributed by atoms with E-state index in [2.05, 4.69) is 5.32 Å². The lowest BCUT2D eigenvalue weighted by atomic mass is 9.86. The summed E-state index contributed by atoms with van der Waals surface area (Å²) >= 11 is 0. The molecule has 88 valence electrons. The van der Waals surface area contributed by atoms with Crippen molar-refractivity contribution in [1.82, 2.24) is 5.32 Å². The van der Waals surface area contributed by atoms with Gasteiger partial charge in [0.15, 0.2) is 0 Å². The zero-order chi connectivity index (χ0) is 11.4. The van der Waals surface area contributed by atoms with Crippen LogP contribution >= 0.6 is 0 Å². The van der Waals surface area contributed by atoms with Crippen molar-refractivity contribution in [2.45, 2.75) is 24.9 Å². The average Bonchev–Trinajstić information content (AvgIpc) is 2.30. The molecule has 0 unspecified atom stereocenters. The Labute approximate surface area is 96.4 Å². The van der Waals surface area contributed by atoms with Gasteiger partial charge in [-0.15, -0.1) is 0 Å². The molecule has 3 nitrogen and oxygen atoms in total. The number of nitrogens with one attached hydrogen (secondary N) is 1. The highest BCUT2D eigenvalue weighted by Gasteiger charge is 2.30. The quantitative estimate of drug-likeness (QED) is 0.809. The zero-order valence-corrected chi connectivity index (χ0v) is 9.70. The van der Waals surface area contributed by atoms with Crippen LogP contribution in [0.3, 0.4) is 0 Å². The van der Waals surface area contributed by atoms with Crippen molar-refractivity contribution in [3.63, 3.8) is 0 Å². The third kappa shape index (κ3) is 2.54. The van der Waals surface area contributed by atoms with Crippen LogP contribution in [0.1, 0.15) is 18.4 Å². The predicted octanol–water partition coefficient (Wildman–Crippen LogP) is 1.35. The van der Waals surface area contributed by atoms with Gasteiger partial charge in [0.25, 0.3) is 0 Å². The van der Waals surface area contributed by atoms with Crippen LogP contribution < -0.4 is 10.1 Å². The lowest BCUT2D eigenvalue weighted by Gasteiger charge is -2.33. The summed E-state index contributed by atoms with van der Waals surface area (Å²) in [5.74, 6) is 0.870. The van der Waals surface area contributed by atoms with E-state index in [1.807, 2.05) is 24.3 Å². The molecule has 3 heteroatoms. The summed E-state index contributed by atoms with van der Waals surface area (Å²) in [5, 5.41) is 13.7. The lowest BCUT2D eigenvalue weighted by molar-refractivity contribution is 0.0104. The Morgan fingerprint density at radius 3 is 2.69 bits per heavy atom. The van der Waals surface area contributed by atoms with Gasteiger partial charge < -0.3 is 15.2 Å². The minimum Gasteiger partial charge on any atom is -0.496 e. The molecule has 0 spiro atoms. The molecule has 0 aromatic heterocycles. The Bertz CT molecular complexity index is 346. The van der Waals surface area contributed by atoms with Crippen molar-refractivity contribution >= 4 is 0 Å². The number of hydrogen-bond donors (Lipinski definition) is 2. The van der Waals surface area contributed by atoms with Crippen LogP contribution in [0, 0.1) is 0 Å². The number of aliphatic hydroxyl groups is 1. The van der Waals surface area contributed by atoms with E-state index in [-0.39, 0.29) is 0 Å². The minimum atomic E-state index is -0.570. The van der Waals surface area contributed by atoms with Crippen LogP contribution in [-0.2, 0) is 6.42 Å². The maximum atomic E-state index is 10.4. The molecule has 0 saturated carbocycles. The first kappa shape index (κ1) is 11.4. The van der Waals surface area contributed by atoms with Crippen LogP contribution in [0.15, 0.2) is 24.3 Å². The van der Waals surface area contributed by atoms with Gasteiger partial charge in [-0.3, -0.25) is 0 Å². The largest absolute Gasteiger partial charge is 0.496 e. The molecule has 0 radical (unpaired) electrons. The Balaban J connectivity index is 2.12.